The highest BCUT2D eigenvalue weighted by atomic mass is 35.5. The van der Waals surface area contributed by atoms with Crippen molar-refractivity contribution in [3.8, 4) is 0 Å². The Morgan fingerprint density at radius 1 is 1.19 bits per heavy atom. The maximum Gasteiger partial charge on any atom is 0.335 e. The molecule has 1 aliphatic rings. The Bertz CT molecular complexity index is 1630. The molecule has 0 aliphatic carbocycles. The molecule has 0 saturated carbocycles. The van der Waals surface area contributed by atoms with E-state index in [1.165, 1.54) is 27.2 Å². The van der Waals surface area contributed by atoms with Gasteiger partial charge in [-0.15, -0.1) is 5.10 Å². The molecule has 11 nitrogen and oxygen atoms in total. The van der Waals surface area contributed by atoms with Crippen molar-refractivity contribution in [1.29, 1.82) is 0 Å². The molecule has 0 bridgehead atoms. The summed E-state index contributed by atoms with van der Waals surface area (Å²) in [5, 5.41) is 17.8. The molecule has 0 spiro atoms. The fraction of sp³-hybridized carbons (Fsp3) is 0.261. The second-order valence-corrected chi connectivity index (χ2v) is 10.8. The number of rotatable bonds is 6. The molecular weight excluding hydrogens is 508 g/mol. The number of carboxylic acid groups (broad SMARTS) is 1. The number of benzene rings is 2. The summed E-state index contributed by atoms with van der Waals surface area (Å²) in [5.41, 5.74) is 0.572. The third-order valence-corrected chi connectivity index (χ3v) is 8.39. The van der Waals surface area contributed by atoms with Crippen LogP contribution >= 0.6 is 11.6 Å². The molecule has 1 atom stereocenters. The lowest BCUT2D eigenvalue weighted by Crippen LogP contribution is -2.40. The Hall–Kier alpha value is -3.61. The number of aromatic carboxylic acids is 1. The van der Waals surface area contributed by atoms with E-state index in [-0.39, 0.29) is 47.2 Å². The van der Waals surface area contributed by atoms with E-state index >= 15 is 0 Å². The van der Waals surface area contributed by atoms with Crippen LogP contribution < -0.4 is 5.56 Å². The third-order valence-electron chi connectivity index (χ3n) is 6.16. The van der Waals surface area contributed by atoms with Crippen LogP contribution in [0.3, 0.4) is 0 Å². The van der Waals surface area contributed by atoms with Crippen LogP contribution in [0.4, 0.5) is 0 Å². The minimum absolute atomic E-state index is 0.0802. The normalized spacial score (nSPS) is 16.9. The molecule has 36 heavy (non-hydrogen) atoms. The molecule has 1 saturated heterocycles. The van der Waals surface area contributed by atoms with Gasteiger partial charge in [0.05, 0.1) is 17.0 Å². The molecule has 1 fully saturated rings. The topological polar surface area (TPSA) is 151 Å². The van der Waals surface area contributed by atoms with Crippen molar-refractivity contribution in [2.75, 3.05) is 13.1 Å². The Morgan fingerprint density at radius 2 is 2.00 bits per heavy atom. The molecular formula is C23H21ClN6O5S. The highest BCUT2D eigenvalue weighted by Crippen LogP contribution is 2.29. The molecule has 13 heteroatoms. The fourth-order valence-electron chi connectivity index (χ4n) is 4.29. The number of H-pyrrole nitrogens is 1. The smallest absolute Gasteiger partial charge is 0.335 e. The fourth-order valence-corrected chi connectivity index (χ4v) is 6.06. The van der Waals surface area contributed by atoms with Gasteiger partial charge in [0.15, 0.2) is 11.2 Å². The zero-order chi connectivity index (χ0) is 25.4. The van der Waals surface area contributed by atoms with Crippen molar-refractivity contribution in [1.82, 2.24) is 29.3 Å². The molecule has 1 aliphatic heterocycles. The van der Waals surface area contributed by atoms with Gasteiger partial charge < -0.3 is 10.1 Å². The first-order valence-electron chi connectivity index (χ1n) is 11.1. The lowest BCUT2D eigenvalue weighted by Gasteiger charge is -2.31. The number of nitrogens with one attached hydrogen (secondary N) is 1. The van der Waals surface area contributed by atoms with Crippen molar-refractivity contribution in [3.05, 3.63) is 80.9 Å². The highest BCUT2D eigenvalue weighted by molar-refractivity contribution is 7.89. The minimum atomic E-state index is -3.95. The lowest BCUT2D eigenvalue weighted by molar-refractivity contribution is 0.0696. The van der Waals surface area contributed by atoms with Gasteiger partial charge in [0.25, 0.3) is 5.56 Å². The van der Waals surface area contributed by atoms with Gasteiger partial charge in [0.2, 0.25) is 10.0 Å². The highest BCUT2D eigenvalue weighted by Gasteiger charge is 2.33. The zero-order valence-corrected chi connectivity index (χ0v) is 20.4. The van der Waals surface area contributed by atoms with Crippen LogP contribution in [0, 0.1) is 0 Å². The van der Waals surface area contributed by atoms with E-state index in [9.17, 15) is 23.1 Å². The first kappa shape index (κ1) is 24.1. The molecule has 0 amide bonds. The van der Waals surface area contributed by atoms with Crippen LogP contribution in [0.25, 0.3) is 11.2 Å². The first-order chi connectivity index (χ1) is 17.2. The molecule has 0 radical (unpaired) electrons. The summed E-state index contributed by atoms with van der Waals surface area (Å²) in [6.07, 6.45) is 1.16. The van der Waals surface area contributed by atoms with Gasteiger partial charge in [-0.25, -0.2) is 22.9 Å². The lowest BCUT2D eigenvalue weighted by atomic mass is 9.99. The SMILES string of the molecule is O=C(O)c1cccc(S(=O)(=O)N2CCC[C@H](c3nc4c(nnn4Cc4ccccc4Cl)c(=O)[nH]3)C2)c1. The van der Waals surface area contributed by atoms with Crippen LogP contribution in [0.1, 0.15) is 40.5 Å². The van der Waals surface area contributed by atoms with E-state index in [4.69, 9.17) is 11.6 Å². The summed E-state index contributed by atoms with van der Waals surface area (Å²) in [7, 11) is -3.95. The predicted octanol–water partition coefficient (Wildman–Crippen LogP) is 2.48. The second-order valence-electron chi connectivity index (χ2n) is 8.50. The summed E-state index contributed by atoms with van der Waals surface area (Å²) in [6, 6.07) is 12.5. The van der Waals surface area contributed by atoms with E-state index < -0.39 is 21.6 Å². The Morgan fingerprint density at radius 3 is 2.78 bits per heavy atom. The van der Waals surface area contributed by atoms with Crippen LogP contribution in [0.15, 0.2) is 58.2 Å². The summed E-state index contributed by atoms with van der Waals surface area (Å²) in [5.74, 6) is -1.24. The van der Waals surface area contributed by atoms with Gasteiger partial charge in [-0.1, -0.05) is 41.1 Å². The average molecular weight is 529 g/mol. The number of fused-ring (bicyclic) bond motifs is 1. The Balaban J connectivity index is 1.46. The molecule has 5 rings (SSSR count). The monoisotopic (exact) mass is 528 g/mol. The van der Waals surface area contributed by atoms with Crippen LogP contribution in [0.5, 0.6) is 0 Å². The van der Waals surface area contributed by atoms with E-state index in [1.54, 1.807) is 6.07 Å². The Labute approximate surface area is 210 Å². The quantitative estimate of drug-likeness (QED) is 0.387. The molecule has 2 aromatic carbocycles. The Kier molecular flexibility index (Phi) is 6.33. The van der Waals surface area contributed by atoms with Gasteiger partial charge in [0.1, 0.15) is 5.82 Å². The van der Waals surface area contributed by atoms with E-state index in [0.29, 0.717) is 23.7 Å². The number of aromatic nitrogens is 5. The number of halogens is 1. The van der Waals surface area contributed by atoms with Crippen molar-refractivity contribution in [2.45, 2.75) is 30.2 Å². The summed E-state index contributed by atoms with van der Waals surface area (Å²) < 4.78 is 29.3. The number of carboxylic acids is 1. The molecule has 186 valence electrons. The molecule has 0 unspecified atom stereocenters. The number of hydrogen-bond acceptors (Lipinski definition) is 7. The standard InChI is InChI=1S/C23H21ClN6O5S/c24-18-9-2-1-5-15(18)13-30-21-19(27-28-30)22(31)26-20(25-21)16-7-4-10-29(12-16)36(34,35)17-8-3-6-14(11-17)23(32)33/h1-3,5-6,8-9,11,16H,4,7,10,12-13H2,(H,32,33)(H,25,26,31)/t16-/m0/s1. The van der Waals surface area contributed by atoms with Crippen molar-refractivity contribution in [3.63, 3.8) is 0 Å². The van der Waals surface area contributed by atoms with Gasteiger partial charge in [-0.05, 0) is 42.7 Å². The number of hydrogen-bond donors (Lipinski definition) is 2. The molecule has 3 heterocycles. The number of carbonyl (C=O) groups is 1. The van der Waals surface area contributed by atoms with E-state index in [1.807, 2.05) is 18.2 Å². The maximum atomic E-state index is 13.3. The van der Waals surface area contributed by atoms with Crippen LogP contribution in [-0.2, 0) is 16.6 Å². The molecule has 2 aromatic heterocycles. The zero-order valence-electron chi connectivity index (χ0n) is 18.8. The third kappa shape index (κ3) is 4.50. The van der Waals surface area contributed by atoms with Crippen molar-refractivity contribution >= 4 is 38.8 Å². The molecule has 4 aromatic rings. The second kappa shape index (κ2) is 9.45. The van der Waals surface area contributed by atoms with Crippen molar-refractivity contribution < 1.29 is 18.3 Å². The predicted molar refractivity (Wildman–Crippen MR) is 131 cm³/mol. The minimum Gasteiger partial charge on any atom is -0.478 e. The largest absolute Gasteiger partial charge is 0.478 e. The average Bonchev–Trinajstić information content (AvgIpc) is 3.29. The van der Waals surface area contributed by atoms with Gasteiger partial charge in [0, 0.05) is 24.0 Å². The first-order valence-corrected chi connectivity index (χ1v) is 13.0. The van der Waals surface area contributed by atoms with Crippen molar-refractivity contribution in [2.24, 2.45) is 0 Å². The van der Waals surface area contributed by atoms with Crippen LogP contribution in [-0.4, -0.2) is 61.9 Å². The van der Waals surface area contributed by atoms with E-state index in [0.717, 1.165) is 11.6 Å². The summed E-state index contributed by atoms with van der Waals surface area (Å²) >= 11 is 6.27. The van der Waals surface area contributed by atoms with Gasteiger partial charge in [-0.2, -0.15) is 4.31 Å². The maximum absolute atomic E-state index is 13.3. The number of aromatic amines is 1. The van der Waals surface area contributed by atoms with Gasteiger partial charge in [-0.3, -0.25) is 4.79 Å². The van der Waals surface area contributed by atoms with Gasteiger partial charge >= 0.3 is 5.97 Å². The summed E-state index contributed by atoms with van der Waals surface area (Å²) in [6.45, 7) is 0.617. The molecule has 2 N–H and O–H groups in total. The number of nitrogens with zero attached hydrogens (tertiary/aromatic N) is 5. The summed E-state index contributed by atoms with van der Waals surface area (Å²) in [4.78, 5) is 31.3. The van der Waals surface area contributed by atoms with Crippen LogP contribution in [0.2, 0.25) is 5.02 Å². The van der Waals surface area contributed by atoms with E-state index in [2.05, 4.69) is 20.3 Å². The number of sulfonamides is 1. The number of piperidine rings is 1.